The van der Waals surface area contributed by atoms with E-state index in [-0.39, 0.29) is 25.7 Å². The summed E-state index contributed by atoms with van der Waals surface area (Å²) in [5.41, 5.74) is 4.13. The summed E-state index contributed by atoms with van der Waals surface area (Å²) in [5, 5.41) is 4.53. The second-order valence-electron chi connectivity index (χ2n) is 13.3. The number of furan rings is 2. The predicted molar refractivity (Wildman–Crippen MR) is 197 cm³/mol. The molecule has 0 aliphatic rings. The molecule has 4 aromatic heterocycles. The normalized spacial score (nSPS) is 12.8. The molecular formula is C44H31F3IrN2O2-2. The first kappa shape index (κ1) is 32.6. The fraction of sp³-hybridized carbons (Fsp3) is 0.136. The van der Waals surface area contributed by atoms with E-state index in [1.807, 2.05) is 93.6 Å². The molecule has 0 fully saturated rings. The van der Waals surface area contributed by atoms with Crippen molar-refractivity contribution < 1.29 is 44.9 Å². The molecule has 0 bridgehead atoms. The molecule has 52 heavy (non-hydrogen) atoms. The van der Waals surface area contributed by atoms with Crippen LogP contribution >= 0.6 is 0 Å². The smallest absolute Gasteiger partial charge is 0.416 e. The summed E-state index contributed by atoms with van der Waals surface area (Å²) in [5.74, 6) is 0. The van der Waals surface area contributed by atoms with Crippen LogP contribution < -0.4 is 0 Å². The predicted octanol–water partition coefficient (Wildman–Crippen LogP) is 12.7. The summed E-state index contributed by atoms with van der Waals surface area (Å²) < 4.78 is 69.8. The van der Waals surface area contributed by atoms with Crippen molar-refractivity contribution in [2.75, 3.05) is 0 Å². The third-order valence-corrected chi connectivity index (χ3v) is 8.54. The summed E-state index contributed by atoms with van der Waals surface area (Å²) in [6.45, 7) is 5.58. The van der Waals surface area contributed by atoms with Crippen LogP contribution in [0.4, 0.5) is 13.2 Å². The van der Waals surface area contributed by atoms with Gasteiger partial charge in [-0.25, -0.2) is 0 Å². The van der Waals surface area contributed by atoms with Crippen molar-refractivity contribution in [2.45, 2.75) is 33.3 Å². The third kappa shape index (κ3) is 6.72. The Kier molecular flexibility index (Phi) is 8.58. The zero-order valence-corrected chi connectivity index (χ0v) is 30.6. The van der Waals surface area contributed by atoms with Crippen LogP contribution in [-0.4, -0.2) is 9.97 Å². The zero-order valence-electron chi connectivity index (χ0n) is 30.2. The van der Waals surface area contributed by atoms with E-state index >= 15 is 0 Å². The number of hydrogen-bond acceptors (Lipinski definition) is 4. The van der Waals surface area contributed by atoms with Crippen molar-refractivity contribution in [2.24, 2.45) is 5.41 Å². The van der Waals surface area contributed by atoms with Crippen molar-refractivity contribution in [1.82, 2.24) is 9.97 Å². The molecule has 0 atom stereocenters. The van der Waals surface area contributed by atoms with Gasteiger partial charge in [0.2, 0.25) is 0 Å². The maximum Gasteiger partial charge on any atom is 0.416 e. The Bertz CT molecular complexity index is 2750. The Morgan fingerprint density at radius 1 is 0.635 bits per heavy atom. The molecule has 9 rings (SSSR count). The van der Waals surface area contributed by atoms with Gasteiger partial charge in [-0.2, -0.15) is 13.2 Å². The number of rotatable bonds is 3. The average Bonchev–Trinajstić information content (AvgIpc) is 3.74. The zero-order chi connectivity index (χ0) is 37.1. The van der Waals surface area contributed by atoms with Crippen LogP contribution in [0.15, 0.2) is 130 Å². The minimum atomic E-state index is -4.46. The first-order valence-corrected chi connectivity index (χ1v) is 16.4. The molecule has 4 nitrogen and oxygen atoms in total. The molecule has 9 aromatic rings. The topological polar surface area (TPSA) is 52.1 Å². The van der Waals surface area contributed by atoms with Crippen LogP contribution in [0.3, 0.4) is 0 Å². The van der Waals surface area contributed by atoms with E-state index in [0.29, 0.717) is 39.0 Å². The van der Waals surface area contributed by atoms with Gasteiger partial charge in [-0.1, -0.05) is 61.5 Å². The van der Waals surface area contributed by atoms with Crippen molar-refractivity contribution in [3.63, 3.8) is 0 Å². The van der Waals surface area contributed by atoms with E-state index in [2.05, 4.69) is 22.1 Å². The number of alkyl halides is 3. The molecular weight excluding hydrogens is 838 g/mol. The summed E-state index contributed by atoms with van der Waals surface area (Å²) in [6.07, 6.45) is -2.67. The van der Waals surface area contributed by atoms with Crippen LogP contribution in [-0.2, 0) is 32.7 Å². The van der Waals surface area contributed by atoms with Gasteiger partial charge >= 0.3 is 6.18 Å². The summed E-state index contributed by atoms with van der Waals surface area (Å²) >= 11 is 0. The molecule has 0 spiro atoms. The van der Waals surface area contributed by atoms with Crippen molar-refractivity contribution in [3.05, 3.63) is 145 Å². The molecule has 4 heterocycles. The second kappa shape index (κ2) is 13.7. The van der Waals surface area contributed by atoms with Crippen LogP contribution in [0.1, 0.15) is 34.6 Å². The van der Waals surface area contributed by atoms with Crippen LogP contribution in [0.2, 0.25) is 0 Å². The van der Waals surface area contributed by atoms with E-state index in [0.717, 1.165) is 50.3 Å². The fourth-order valence-electron chi connectivity index (χ4n) is 6.36. The van der Waals surface area contributed by atoms with E-state index in [9.17, 15) is 13.2 Å². The molecule has 0 amide bonds. The average molecular weight is 871 g/mol. The third-order valence-electron chi connectivity index (χ3n) is 8.54. The second-order valence-corrected chi connectivity index (χ2v) is 13.3. The van der Waals surface area contributed by atoms with Gasteiger partial charge in [-0.15, -0.1) is 54.1 Å². The quantitative estimate of drug-likeness (QED) is 0.166. The number of pyridine rings is 2. The first-order chi connectivity index (χ1) is 25.3. The molecule has 261 valence electrons. The number of halogens is 3. The number of nitrogens with zero attached hydrogens (tertiary/aromatic N) is 2. The minimum absolute atomic E-state index is 0. The van der Waals surface area contributed by atoms with Gasteiger partial charge in [0, 0.05) is 62.2 Å². The Morgan fingerprint density at radius 2 is 1.29 bits per heavy atom. The van der Waals surface area contributed by atoms with Gasteiger partial charge < -0.3 is 18.8 Å². The molecule has 1 radical (unpaired) electrons. The van der Waals surface area contributed by atoms with E-state index in [1.165, 1.54) is 6.07 Å². The van der Waals surface area contributed by atoms with Crippen LogP contribution in [0.25, 0.3) is 77.2 Å². The Hall–Kier alpha value is -5.30. The summed E-state index contributed by atoms with van der Waals surface area (Å²) in [7, 11) is 0. The Morgan fingerprint density at radius 3 is 1.94 bits per heavy atom. The minimum Gasteiger partial charge on any atom is -0.500 e. The van der Waals surface area contributed by atoms with Gasteiger partial charge in [0.1, 0.15) is 16.7 Å². The van der Waals surface area contributed by atoms with Crippen LogP contribution in [0.5, 0.6) is 0 Å². The van der Waals surface area contributed by atoms with Gasteiger partial charge in [0.25, 0.3) is 0 Å². The number of hydrogen-bond donors (Lipinski definition) is 0. The van der Waals surface area contributed by atoms with Crippen molar-refractivity contribution >= 4 is 54.6 Å². The molecule has 0 saturated carbocycles. The Balaban J connectivity index is 0.000000294. The summed E-state index contributed by atoms with van der Waals surface area (Å²) in [6, 6.07) is 38.3. The van der Waals surface area contributed by atoms with Gasteiger partial charge in [0.05, 0.1) is 11.1 Å². The number of benzene rings is 5. The van der Waals surface area contributed by atoms with Gasteiger partial charge in [-0.05, 0) is 71.7 Å². The molecule has 0 aliphatic carbocycles. The van der Waals surface area contributed by atoms with Crippen molar-refractivity contribution in [3.8, 4) is 22.5 Å². The first-order valence-electron chi connectivity index (χ1n) is 17.4. The molecule has 0 aliphatic heterocycles. The summed E-state index contributed by atoms with van der Waals surface area (Å²) in [4.78, 5) is 8.74. The standard InChI is InChI=1S/C33H23F3NO2.C11H8N.Ir/c1-32(2,3)17-18-13-14-37-27(15-18)26-6-4-5-21-23-11-12-24-25(30(23)39-31(21)26)10-9-22-20-8-7-19(33(34,35)36)16-28(20)38-29(22)24;1-2-6-10(7-3-1)11-8-4-5-9-12-11;/h4-5,7-16H,17H2,1-3H3;1-6,8-9H;/q2*-1;/i17D2;;. The largest absolute Gasteiger partial charge is 0.500 e. The van der Waals surface area contributed by atoms with E-state index in [4.69, 9.17) is 11.6 Å². The van der Waals surface area contributed by atoms with E-state index < -0.39 is 23.5 Å². The monoisotopic (exact) mass is 871 g/mol. The molecule has 0 saturated heterocycles. The van der Waals surface area contributed by atoms with Gasteiger partial charge in [-0.3, -0.25) is 0 Å². The molecule has 0 unspecified atom stereocenters. The fourth-order valence-corrected chi connectivity index (χ4v) is 6.36. The maximum absolute atomic E-state index is 13.3. The number of aromatic nitrogens is 2. The SMILES string of the molecule is [2H]C([2H])(c1ccnc(-c2[c-]ccc3c2oc2c3ccc3c2ccc2c4ccc(C(F)(F)F)cc4oc23)c1)C(C)(C)C.[Ir].[c-]1ccccc1-c1ccccn1. The molecule has 0 N–H and O–H groups in total. The Labute approximate surface area is 314 Å². The van der Waals surface area contributed by atoms with Crippen molar-refractivity contribution in [1.29, 1.82) is 0 Å². The number of fused-ring (bicyclic) bond motifs is 9. The molecule has 5 aromatic carbocycles. The maximum atomic E-state index is 13.3. The molecule has 8 heteroatoms. The van der Waals surface area contributed by atoms with Crippen LogP contribution in [0, 0.1) is 17.5 Å². The van der Waals surface area contributed by atoms with Gasteiger partial charge in [0.15, 0.2) is 0 Å². The van der Waals surface area contributed by atoms with E-state index in [1.54, 1.807) is 30.6 Å².